The molecule has 0 radical (unpaired) electrons. The van der Waals surface area contributed by atoms with E-state index in [1.807, 2.05) is 6.92 Å². The third-order valence-electron chi connectivity index (χ3n) is 1.02. The van der Waals surface area contributed by atoms with Gasteiger partial charge in [0, 0.05) is 0 Å². The van der Waals surface area contributed by atoms with Crippen LogP contribution in [0.1, 0.15) is 6.92 Å². The first-order valence-corrected chi connectivity index (χ1v) is 3.52. The molecule has 0 aliphatic carbocycles. The van der Waals surface area contributed by atoms with Crippen LogP contribution in [0.3, 0.4) is 0 Å². The minimum Gasteiger partial charge on any atom is -0.475 e. The Hall–Kier alpha value is -1.03. The van der Waals surface area contributed by atoms with Crippen molar-refractivity contribution in [3.8, 4) is 5.88 Å². The van der Waals surface area contributed by atoms with Gasteiger partial charge in [0.1, 0.15) is 0 Å². The summed E-state index contributed by atoms with van der Waals surface area (Å²) in [6.45, 7) is 2.33. The lowest BCUT2D eigenvalue weighted by Crippen LogP contribution is -2.01. The second-order valence-corrected chi connectivity index (χ2v) is 2.20. The minimum atomic E-state index is 0.260. The molecular formula is C6H8ClN3O. The molecule has 11 heavy (non-hydrogen) atoms. The van der Waals surface area contributed by atoms with Crippen LogP contribution in [0.15, 0.2) is 6.20 Å². The van der Waals surface area contributed by atoms with Crippen LogP contribution in [0.4, 0.5) is 5.82 Å². The molecular weight excluding hydrogens is 166 g/mol. The van der Waals surface area contributed by atoms with Gasteiger partial charge in [-0.05, 0) is 6.92 Å². The molecule has 0 aliphatic heterocycles. The van der Waals surface area contributed by atoms with Gasteiger partial charge < -0.3 is 10.5 Å². The topological polar surface area (TPSA) is 61.0 Å². The first-order valence-electron chi connectivity index (χ1n) is 3.15. The van der Waals surface area contributed by atoms with Crippen LogP contribution in [0, 0.1) is 0 Å². The van der Waals surface area contributed by atoms with Crippen molar-refractivity contribution in [1.29, 1.82) is 0 Å². The molecule has 5 heteroatoms. The third-order valence-corrected chi connectivity index (χ3v) is 1.20. The molecule has 0 unspecified atom stereocenters. The molecule has 1 rings (SSSR count). The number of nitrogen functional groups attached to an aromatic ring is 1. The Morgan fingerprint density at radius 2 is 2.45 bits per heavy atom. The SMILES string of the molecule is CCOc1nc(Cl)cnc1N. The first-order chi connectivity index (χ1) is 5.24. The number of aromatic nitrogens is 2. The smallest absolute Gasteiger partial charge is 0.258 e. The van der Waals surface area contributed by atoms with Crippen LogP contribution in [-0.4, -0.2) is 16.6 Å². The number of nitrogens with two attached hydrogens (primary N) is 1. The maximum Gasteiger partial charge on any atom is 0.258 e. The molecule has 0 aromatic carbocycles. The Morgan fingerprint density at radius 3 is 3.09 bits per heavy atom. The van der Waals surface area contributed by atoms with E-state index in [9.17, 15) is 0 Å². The van der Waals surface area contributed by atoms with E-state index in [1.165, 1.54) is 6.20 Å². The zero-order valence-electron chi connectivity index (χ0n) is 6.04. The summed E-state index contributed by atoms with van der Waals surface area (Å²) in [5.41, 5.74) is 5.42. The van der Waals surface area contributed by atoms with Crippen molar-refractivity contribution < 1.29 is 4.74 Å². The van der Waals surface area contributed by atoms with Gasteiger partial charge in [0.2, 0.25) is 0 Å². The predicted molar refractivity (Wildman–Crippen MR) is 42.6 cm³/mol. The van der Waals surface area contributed by atoms with Gasteiger partial charge in [-0.15, -0.1) is 0 Å². The molecule has 4 nitrogen and oxygen atoms in total. The van der Waals surface area contributed by atoms with E-state index in [2.05, 4.69) is 9.97 Å². The Bertz CT molecular complexity index is 254. The summed E-state index contributed by atoms with van der Waals surface area (Å²) in [5.74, 6) is 0.552. The van der Waals surface area contributed by atoms with Crippen molar-refractivity contribution in [3.05, 3.63) is 11.3 Å². The van der Waals surface area contributed by atoms with Gasteiger partial charge in [0.05, 0.1) is 12.8 Å². The number of hydrogen-bond donors (Lipinski definition) is 1. The van der Waals surface area contributed by atoms with Crippen LogP contribution in [-0.2, 0) is 0 Å². The van der Waals surface area contributed by atoms with Gasteiger partial charge in [0.15, 0.2) is 11.0 Å². The van der Waals surface area contributed by atoms with E-state index in [0.717, 1.165) is 0 Å². The van der Waals surface area contributed by atoms with E-state index in [1.54, 1.807) is 0 Å². The Morgan fingerprint density at radius 1 is 1.73 bits per heavy atom. The minimum absolute atomic E-state index is 0.260. The van der Waals surface area contributed by atoms with E-state index < -0.39 is 0 Å². The van der Waals surface area contributed by atoms with Gasteiger partial charge in [-0.25, -0.2) is 4.98 Å². The van der Waals surface area contributed by atoms with Crippen molar-refractivity contribution in [1.82, 2.24) is 9.97 Å². The molecule has 60 valence electrons. The van der Waals surface area contributed by atoms with E-state index in [0.29, 0.717) is 12.5 Å². The summed E-state index contributed by atoms with van der Waals surface area (Å²) < 4.78 is 5.03. The van der Waals surface area contributed by atoms with E-state index in [-0.39, 0.29) is 11.0 Å². The maximum absolute atomic E-state index is 5.54. The van der Waals surface area contributed by atoms with E-state index >= 15 is 0 Å². The Labute approximate surface area is 69.4 Å². The van der Waals surface area contributed by atoms with Crippen LogP contribution in [0.5, 0.6) is 5.88 Å². The maximum atomic E-state index is 5.54. The highest BCUT2D eigenvalue weighted by atomic mass is 35.5. The molecule has 1 heterocycles. The standard InChI is InChI=1S/C6H8ClN3O/c1-2-11-6-5(8)9-3-4(7)10-6/h3H,2H2,1H3,(H2,8,9). The summed E-state index contributed by atoms with van der Waals surface area (Å²) in [4.78, 5) is 7.57. The van der Waals surface area contributed by atoms with Crippen molar-refractivity contribution in [2.24, 2.45) is 0 Å². The van der Waals surface area contributed by atoms with Gasteiger partial charge >= 0.3 is 0 Å². The van der Waals surface area contributed by atoms with Crippen LogP contribution in [0.25, 0.3) is 0 Å². The van der Waals surface area contributed by atoms with Crippen molar-refractivity contribution in [3.63, 3.8) is 0 Å². The quantitative estimate of drug-likeness (QED) is 0.728. The number of hydrogen-bond acceptors (Lipinski definition) is 4. The summed E-state index contributed by atoms with van der Waals surface area (Å²) in [6, 6.07) is 0. The zero-order chi connectivity index (χ0) is 8.27. The highest BCUT2D eigenvalue weighted by Gasteiger charge is 2.02. The summed E-state index contributed by atoms with van der Waals surface area (Å²) >= 11 is 5.54. The molecule has 1 aromatic heterocycles. The lowest BCUT2D eigenvalue weighted by Gasteiger charge is -2.03. The Balaban J connectivity index is 2.93. The number of nitrogens with zero attached hydrogens (tertiary/aromatic N) is 2. The van der Waals surface area contributed by atoms with Crippen molar-refractivity contribution in [2.75, 3.05) is 12.3 Å². The Kier molecular flexibility index (Phi) is 2.48. The van der Waals surface area contributed by atoms with Crippen LogP contribution >= 0.6 is 11.6 Å². The molecule has 0 saturated heterocycles. The fourth-order valence-electron chi connectivity index (χ4n) is 0.604. The second-order valence-electron chi connectivity index (χ2n) is 1.82. The number of anilines is 1. The highest BCUT2D eigenvalue weighted by Crippen LogP contribution is 2.16. The number of ether oxygens (including phenoxy) is 1. The highest BCUT2D eigenvalue weighted by molar-refractivity contribution is 6.29. The third kappa shape index (κ3) is 1.94. The molecule has 0 fully saturated rings. The van der Waals surface area contributed by atoms with E-state index in [4.69, 9.17) is 22.1 Å². The molecule has 0 aliphatic rings. The summed E-state index contributed by atoms with van der Waals surface area (Å²) in [7, 11) is 0. The normalized spacial score (nSPS) is 9.64. The summed E-state index contributed by atoms with van der Waals surface area (Å²) in [5, 5.41) is 0.280. The average Bonchev–Trinajstić information content (AvgIpc) is 1.98. The van der Waals surface area contributed by atoms with Gasteiger partial charge in [-0.3, -0.25) is 0 Å². The van der Waals surface area contributed by atoms with Crippen LogP contribution in [0.2, 0.25) is 5.15 Å². The fraction of sp³-hybridized carbons (Fsp3) is 0.333. The molecule has 0 bridgehead atoms. The molecule has 0 amide bonds. The second kappa shape index (κ2) is 3.39. The molecule has 0 atom stereocenters. The number of halogens is 1. The van der Waals surface area contributed by atoms with Gasteiger partial charge in [0.25, 0.3) is 5.88 Å². The average molecular weight is 174 g/mol. The zero-order valence-corrected chi connectivity index (χ0v) is 6.80. The lowest BCUT2D eigenvalue weighted by atomic mass is 10.6. The predicted octanol–water partition coefficient (Wildman–Crippen LogP) is 1.11. The first kappa shape index (κ1) is 8.07. The fourth-order valence-corrected chi connectivity index (χ4v) is 0.730. The molecule has 0 saturated carbocycles. The van der Waals surface area contributed by atoms with Gasteiger partial charge in [-0.1, -0.05) is 11.6 Å². The largest absolute Gasteiger partial charge is 0.475 e. The van der Waals surface area contributed by atoms with Crippen molar-refractivity contribution in [2.45, 2.75) is 6.92 Å². The van der Waals surface area contributed by atoms with Crippen molar-refractivity contribution >= 4 is 17.4 Å². The lowest BCUT2D eigenvalue weighted by molar-refractivity contribution is 0.327. The van der Waals surface area contributed by atoms with Crippen LogP contribution < -0.4 is 10.5 Å². The molecule has 2 N–H and O–H groups in total. The monoisotopic (exact) mass is 173 g/mol. The molecule has 0 spiro atoms. The molecule has 1 aromatic rings. The summed E-state index contributed by atoms with van der Waals surface area (Å²) in [6.07, 6.45) is 1.37. The van der Waals surface area contributed by atoms with Gasteiger partial charge in [-0.2, -0.15) is 4.98 Å². The number of rotatable bonds is 2.